The molecule has 6 aromatic carbocycles. The van der Waals surface area contributed by atoms with Crippen molar-refractivity contribution < 1.29 is 0 Å². The largest absolute Gasteiger partial charge is 0.356 e. The maximum atomic E-state index is 3.58. The van der Waals surface area contributed by atoms with Crippen molar-refractivity contribution in [2.75, 3.05) is 5.32 Å². The van der Waals surface area contributed by atoms with Crippen LogP contribution in [-0.2, 0) is 5.41 Å². The molecule has 0 spiro atoms. The summed E-state index contributed by atoms with van der Waals surface area (Å²) in [5, 5.41) is 3.58. The van der Waals surface area contributed by atoms with Gasteiger partial charge in [0.15, 0.2) is 0 Å². The van der Waals surface area contributed by atoms with Crippen LogP contribution in [0.1, 0.15) is 22.3 Å². The third kappa shape index (κ3) is 3.48. The van der Waals surface area contributed by atoms with Crippen molar-refractivity contribution in [2.45, 2.75) is 5.41 Å². The van der Waals surface area contributed by atoms with E-state index in [2.05, 4.69) is 157 Å². The van der Waals surface area contributed by atoms with Gasteiger partial charge in [0.1, 0.15) is 0 Å². The normalized spacial score (nSPS) is 12.9. The predicted molar refractivity (Wildman–Crippen MR) is 159 cm³/mol. The molecule has 1 heteroatoms. The first-order chi connectivity index (χ1) is 18.9. The van der Waals surface area contributed by atoms with Crippen molar-refractivity contribution in [2.24, 2.45) is 0 Å². The summed E-state index contributed by atoms with van der Waals surface area (Å²) in [5.74, 6) is 0. The molecule has 0 fully saturated rings. The van der Waals surface area contributed by atoms with Gasteiger partial charge in [-0.1, -0.05) is 133 Å². The number of hydrogen-bond acceptors (Lipinski definition) is 1. The molecule has 0 saturated carbocycles. The molecular formula is C37H27N. The SMILES string of the molecule is c1ccc(Nc2cccc(-c3cccc4c3C(c3ccccc3)(c3ccccc3)c3ccccc3-4)c2)cc1. The Balaban J connectivity index is 1.52. The third-order valence-electron chi connectivity index (χ3n) is 7.71. The van der Waals surface area contributed by atoms with Crippen molar-refractivity contribution in [3.05, 3.63) is 180 Å². The van der Waals surface area contributed by atoms with E-state index in [0.29, 0.717) is 0 Å². The first kappa shape index (κ1) is 22.3. The van der Waals surface area contributed by atoms with E-state index in [1.165, 1.54) is 44.5 Å². The van der Waals surface area contributed by atoms with Crippen LogP contribution < -0.4 is 5.32 Å². The fourth-order valence-corrected chi connectivity index (χ4v) is 6.20. The van der Waals surface area contributed by atoms with Crippen molar-refractivity contribution >= 4 is 11.4 Å². The summed E-state index contributed by atoms with van der Waals surface area (Å²) in [5.41, 5.74) is 12.0. The van der Waals surface area contributed by atoms with Crippen LogP contribution in [0.2, 0.25) is 0 Å². The lowest BCUT2D eigenvalue weighted by atomic mass is 9.66. The fraction of sp³-hybridized carbons (Fsp3) is 0.0270. The minimum Gasteiger partial charge on any atom is -0.356 e. The fourth-order valence-electron chi connectivity index (χ4n) is 6.20. The van der Waals surface area contributed by atoms with Crippen molar-refractivity contribution in [1.29, 1.82) is 0 Å². The van der Waals surface area contributed by atoms with Crippen LogP contribution in [0.3, 0.4) is 0 Å². The summed E-state index contributed by atoms with van der Waals surface area (Å²) in [6, 6.07) is 56.8. The molecule has 0 radical (unpaired) electrons. The van der Waals surface area contributed by atoms with E-state index in [-0.39, 0.29) is 0 Å². The zero-order valence-corrected chi connectivity index (χ0v) is 21.0. The Kier molecular flexibility index (Phi) is 5.41. The molecule has 0 bridgehead atoms. The lowest BCUT2D eigenvalue weighted by Crippen LogP contribution is -2.29. The van der Waals surface area contributed by atoms with E-state index in [4.69, 9.17) is 0 Å². The molecule has 0 aliphatic heterocycles. The highest BCUT2D eigenvalue weighted by molar-refractivity contribution is 5.93. The molecule has 0 amide bonds. The van der Waals surface area contributed by atoms with E-state index in [1.54, 1.807) is 0 Å². The van der Waals surface area contributed by atoms with Crippen LogP contribution in [0, 0.1) is 0 Å². The Hall–Kier alpha value is -4.88. The molecule has 1 nitrogen and oxygen atoms in total. The molecule has 6 aromatic rings. The molecule has 1 aliphatic rings. The van der Waals surface area contributed by atoms with Gasteiger partial charge in [0, 0.05) is 11.4 Å². The highest BCUT2D eigenvalue weighted by atomic mass is 14.9. The molecule has 0 unspecified atom stereocenters. The second kappa shape index (κ2) is 9.21. The number of benzene rings is 6. The monoisotopic (exact) mass is 485 g/mol. The first-order valence-corrected chi connectivity index (χ1v) is 13.1. The molecule has 7 rings (SSSR count). The molecule has 180 valence electrons. The number of anilines is 2. The summed E-state index contributed by atoms with van der Waals surface area (Å²) < 4.78 is 0. The lowest BCUT2D eigenvalue weighted by Gasteiger charge is -2.35. The summed E-state index contributed by atoms with van der Waals surface area (Å²) in [7, 11) is 0. The molecule has 1 N–H and O–H groups in total. The summed E-state index contributed by atoms with van der Waals surface area (Å²) >= 11 is 0. The molecule has 0 atom stereocenters. The predicted octanol–water partition coefficient (Wildman–Crippen LogP) is 9.46. The van der Waals surface area contributed by atoms with E-state index in [1.807, 2.05) is 6.07 Å². The second-order valence-corrected chi connectivity index (χ2v) is 9.83. The number of hydrogen-bond donors (Lipinski definition) is 1. The van der Waals surface area contributed by atoms with E-state index < -0.39 is 5.41 Å². The van der Waals surface area contributed by atoms with Crippen LogP contribution in [-0.4, -0.2) is 0 Å². The Labute approximate surface area is 224 Å². The average Bonchev–Trinajstić information content (AvgIpc) is 3.30. The molecule has 0 heterocycles. The lowest BCUT2D eigenvalue weighted by molar-refractivity contribution is 0.770. The quantitative estimate of drug-likeness (QED) is 0.256. The average molecular weight is 486 g/mol. The minimum absolute atomic E-state index is 0.423. The highest BCUT2D eigenvalue weighted by Crippen LogP contribution is 2.58. The number of nitrogens with one attached hydrogen (secondary N) is 1. The summed E-state index contributed by atoms with van der Waals surface area (Å²) in [4.78, 5) is 0. The minimum atomic E-state index is -0.423. The Bertz CT molecular complexity index is 1680. The third-order valence-corrected chi connectivity index (χ3v) is 7.71. The van der Waals surface area contributed by atoms with Gasteiger partial charge in [-0.05, 0) is 68.8 Å². The van der Waals surface area contributed by atoms with Gasteiger partial charge in [-0.15, -0.1) is 0 Å². The van der Waals surface area contributed by atoms with Crippen molar-refractivity contribution in [3.8, 4) is 22.3 Å². The van der Waals surface area contributed by atoms with Gasteiger partial charge in [0.05, 0.1) is 5.41 Å². The van der Waals surface area contributed by atoms with Crippen LogP contribution in [0.15, 0.2) is 158 Å². The molecule has 0 aromatic heterocycles. The number of para-hydroxylation sites is 1. The topological polar surface area (TPSA) is 12.0 Å². The van der Waals surface area contributed by atoms with E-state index in [0.717, 1.165) is 11.4 Å². The zero-order valence-electron chi connectivity index (χ0n) is 21.0. The second-order valence-electron chi connectivity index (χ2n) is 9.83. The Morgan fingerprint density at radius 2 is 0.921 bits per heavy atom. The molecular weight excluding hydrogens is 458 g/mol. The number of rotatable bonds is 5. The smallest absolute Gasteiger partial charge is 0.0719 e. The Morgan fingerprint density at radius 3 is 1.63 bits per heavy atom. The van der Waals surface area contributed by atoms with Crippen LogP contribution in [0.4, 0.5) is 11.4 Å². The molecule has 0 saturated heterocycles. The summed E-state index contributed by atoms with van der Waals surface area (Å²) in [6.07, 6.45) is 0. The highest BCUT2D eigenvalue weighted by Gasteiger charge is 2.47. The zero-order chi connectivity index (χ0) is 25.4. The van der Waals surface area contributed by atoms with E-state index in [9.17, 15) is 0 Å². The van der Waals surface area contributed by atoms with Crippen molar-refractivity contribution in [1.82, 2.24) is 0 Å². The molecule has 38 heavy (non-hydrogen) atoms. The van der Waals surface area contributed by atoms with Gasteiger partial charge >= 0.3 is 0 Å². The van der Waals surface area contributed by atoms with E-state index >= 15 is 0 Å². The van der Waals surface area contributed by atoms with Gasteiger partial charge in [-0.2, -0.15) is 0 Å². The summed E-state index contributed by atoms with van der Waals surface area (Å²) in [6.45, 7) is 0. The van der Waals surface area contributed by atoms with Crippen molar-refractivity contribution in [3.63, 3.8) is 0 Å². The van der Waals surface area contributed by atoms with Gasteiger partial charge in [-0.3, -0.25) is 0 Å². The molecule has 1 aliphatic carbocycles. The van der Waals surface area contributed by atoms with Gasteiger partial charge in [0.2, 0.25) is 0 Å². The van der Waals surface area contributed by atoms with Gasteiger partial charge in [0.25, 0.3) is 0 Å². The Morgan fingerprint density at radius 1 is 0.395 bits per heavy atom. The standard InChI is InChI=1S/C37H27N/c1-4-15-28(16-5-1)37(29-17-6-2-7-18-29)35-25-11-10-22-33(35)34-24-13-23-32(36(34)37)27-14-12-21-31(26-27)38-30-19-8-3-9-20-30/h1-26,38H. The first-order valence-electron chi connectivity index (χ1n) is 13.1. The number of fused-ring (bicyclic) bond motifs is 3. The van der Waals surface area contributed by atoms with Crippen LogP contribution >= 0.6 is 0 Å². The van der Waals surface area contributed by atoms with Gasteiger partial charge < -0.3 is 5.32 Å². The van der Waals surface area contributed by atoms with Gasteiger partial charge in [-0.25, -0.2) is 0 Å². The van der Waals surface area contributed by atoms with Crippen LogP contribution in [0.25, 0.3) is 22.3 Å². The van der Waals surface area contributed by atoms with Crippen LogP contribution in [0.5, 0.6) is 0 Å². The maximum Gasteiger partial charge on any atom is 0.0719 e. The maximum absolute atomic E-state index is 3.58.